The molecule has 0 amide bonds. The van der Waals surface area contributed by atoms with Crippen LogP contribution < -0.4 is 5.32 Å². The summed E-state index contributed by atoms with van der Waals surface area (Å²) in [4.78, 5) is 0. The third kappa shape index (κ3) is 2.15. The SMILES string of the molecule is CNC(CC1CCC1)c1cc2cccc(Cl)c2o1. The van der Waals surface area contributed by atoms with Crippen molar-refractivity contribution in [2.45, 2.75) is 31.7 Å². The highest BCUT2D eigenvalue weighted by molar-refractivity contribution is 6.34. The number of halogens is 1. The van der Waals surface area contributed by atoms with E-state index in [9.17, 15) is 0 Å². The first-order valence-electron chi connectivity index (χ1n) is 6.63. The number of rotatable bonds is 4. The Morgan fingerprint density at radius 2 is 2.28 bits per heavy atom. The fourth-order valence-corrected chi connectivity index (χ4v) is 2.88. The fourth-order valence-electron chi connectivity index (χ4n) is 2.66. The van der Waals surface area contributed by atoms with Gasteiger partial charge in [-0.15, -0.1) is 0 Å². The number of para-hydroxylation sites is 1. The first kappa shape index (κ1) is 12.1. The van der Waals surface area contributed by atoms with Gasteiger partial charge < -0.3 is 9.73 Å². The maximum absolute atomic E-state index is 6.15. The minimum Gasteiger partial charge on any atom is -0.458 e. The summed E-state index contributed by atoms with van der Waals surface area (Å²) >= 11 is 6.15. The molecule has 1 aromatic heterocycles. The number of hydrogen-bond donors (Lipinski definition) is 1. The lowest BCUT2D eigenvalue weighted by Gasteiger charge is -2.28. The lowest BCUT2D eigenvalue weighted by molar-refractivity contribution is 0.253. The topological polar surface area (TPSA) is 25.2 Å². The molecule has 2 aromatic rings. The molecule has 1 fully saturated rings. The lowest BCUT2D eigenvalue weighted by Crippen LogP contribution is -2.22. The molecule has 0 saturated heterocycles. The van der Waals surface area contributed by atoms with Crippen LogP contribution in [0.4, 0.5) is 0 Å². The summed E-state index contributed by atoms with van der Waals surface area (Å²) in [6.45, 7) is 0. The molecule has 0 bridgehead atoms. The standard InChI is InChI=1S/C15H18ClNO/c1-17-13(8-10-4-2-5-10)14-9-11-6-3-7-12(16)15(11)18-14/h3,6-7,9-10,13,17H,2,4-5,8H2,1H3. The van der Waals surface area contributed by atoms with Crippen LogP contribution in [0, 0.1) is 5.92 Å². The van der Waals surface area contributed by atoms with Gasteiger partial charge in [-0.3, -0.25) is 0 Å². The number of hydrogen-bond acceptors (Lipinski definition) is 2. The zero-order valence-electron chi connectivity index (χ0n) is 10.6. The second-order valence-electron chi connectivity index (χ2n) is 5.18. The average Bonchev–Trinajstić information content (AvgIpc) is 2.73. The van der Waals surface area contributed by atoms with Crippen LogP contribution in [0.2, 0.25) is 5.02 Å². The summed E-state index contributed by atoms with van der Waals surface area (Å²) in [5.41, 5.74) is 0.808. The first-order valence-corrected chi connectivity index (χ1v) is 7.01. The molecule has 1 saturated carbocycles. The summed E-state index contributed by atoms with van der Waals surface area (Å²) in [6.07, 6.45) is 5.26. The molecule has 0 radical (unpaired) electrons. The van der Waals surface area contributed by atoms with Crippen LogP contribution in [0.15, 0.2) is 28.7 Å². The molecule has 2 nitrogen and oxygen atoms in total. The van der Waals surface area contributed by atoms with Crippen molar-refractivity contribution in [3.63, 3.8) is 0 Å². The van der Waals surface area contributed by atoms with Gasteiger partial charge in [-0.25, -0.2) is 0 Å². The largest absolute Gasteiger partial charge is 0.458 e. The van der Waals surface area contributed by atoms with E-state index < -0.39 is 0 Å². The Morgan fingerprint density at radius 3 is 2.89 bits per heavy atom. The normalized spacial score (nSPS) is 17.9. The third-order valence-corrected chi connectivity index (χ3v) is 4.30. The smallest absolute Gasteiger partial charge is 0.152 e. The van der Waals surface area contributed by atoms with Gasteiger partial charge in [0.25, 0.3) is 0 Å². The molecule has 1 unspecified atom stereocenters. The molecule has 1 heterocycles. The highest BCUT2D eigenvalue weighted by atomic mass is 35.5. The number of benzene rings is 1. The minimum atomic E-state index is 0.304. The average molecular weight is 264 g/mol. The molecule has 18 heavy (non-hydrogen) atoms. The molecule has 3 rings (SSSR count). The van der Waals surface area contributed by atoms with Gasteiger partial charge in [-0.1, -0.05) is 43.0 Å². The fraction of sp³-hybridized carbons (Fsp3) is 0.467. The van der Waals surface area contributed by atoms with Crippen LogP contribution in [0.3, 0.4) is 0 Å². The van der Waals surface area contributed by atoms with Crippen molar-refractivity contribution in [2.75, 3.05) is 7.05 Å². The number of furan rings is 1. The maximum Gasteiger partial charge on any atom is 0.152 e. The molecular formula is C15H18ClNO. The van der Waals surface area contributed by atoms with Gasteiger partial charge >= 0.3 is 0 Å². The Hall–Kier alpha value is -0.990. The van der Waals surface area contributed by atoms with Crippen molar-refractivity contribution in [3.05, 3.63) is 35.0 Å². The Labute approximate surface area is 112 Å². The maximum atomic E-state index is 6.15. The van der Waals surface area contributed by atoms with Crippen molar-refractivity contribution in [1.29, 1.82) is 0 Å². The Bertz CT molecular complexity index is 544. The molecule has 1 atom stereocenters. The van der Waals surface area contributed by atoms with Crippen LogP contribution in [0.5, 0.6) is 0 Å². The molecule has 1 aliphatic rings. The number of fused-ring (bicyclic) bond motifs is 1. The van der Waals surface area contributed by atoms with Crippen LogP contribution in [0.1, 0.15) is 37.5 Å². The van der Waals surface area contributed by atoms with Crippen molar-refractivity contribution in [1.82, 2.24) is 5.32 Å². The van der Waals surface area contributed by atoms with E-state index in [0.29, 0.717) is 11.1 Å². The van der Waals surface area contributed by atoms with Crippen molar-refractivity contribution >= 4 is 22.6 Å². The third-order valence-electron chi connectivity index (χ3n) is 4.00. The van der Waals surface area contributed by atoms with E-state index in [1.54, 1.807) is 0 Å². The van der Waals surface area contributed by atoms with Crippen LogP contribution in [-0.4, -0.2) is 7.05 Å². The van der Waals surface area contributed by atoms with Crippen LogP contribution in [-0.2, 0) is 0 Å². The second kappa shape index (κ2) is 4.94. The Balaban J connectivity index is 1.89. The minimum absolute atomic E-state index is 0.304. The quantitative estimate of drug-likeness (QED) is 0.876. The Morgan fingerprint density at radius 1 is 1.44 bits per heavy atom. The van der Waals surface area contributed by atoms with Crippen LogP contribution in [0.25, 0.3) is 11.0 Å². The van der Waals surface area contributed by atoms with E-state index in [1.807, 2.05) is 25.2 Å². The zero-order valence-corrected chi connectivity index (χ0v) is 11.3. The Kier molecular flexibility index (Phi) is 3.31. The van der Waals surface area contributed by atoms with E-state index in [4.69, 9.17) is 16.0 Å². The van der Waals surface area contributed by atoms with Gasteiger partial charge in [-0.2, -0.15) is 0 Å². The lowest BCUT2D eigenvalue weighted by atomic mass is 9.80. The molecule has 3 heteroatoms. The van der Waals surface area contributed by atoms with Crippen molar-refractivity contribution in [3.8, 4) is 0 Å². The van der Waals surface area contributed by atoms with Gasteiger partial charge in [0.2, 0.25) is 0 Å². The van der Waals surface area contributed by atoms with E-state index in [1.165, 1.54) is 19.3 Å². The van der Waals surface area contributed by atoms with Gasteiger partial charge in [0.15, 0.2) is 5.58 Å². The highest BCUT2D eigenvalue weighted by Gasteiger charge is 2.24. The van der Waals surface area contributed by atoms with Gasteiger partial charge in [0.1, 0.15) is 5.76 Å². The second-order valence-corrected chi connectivity index (χ2v) is 5.59. The molecule has 1 N–H and O–H groups in total. The molecule has 0 aliphatic heterocycles. The molecule has 96 valence electrons. The summed E-state index contributed by atoms with van der Waals surface area (Å²) in [6, 6.07) is 8.30. The van der Waals surface area contributed by atoms with Gasteiger partial charge in [-0.05, 0) is 31.5 Å². The van der Waals surface area contributed by atoms with E-state index in [0.717, 1.165) is 29.1 Å². The monoisotopic (exact) mass is 263 g/mol. The highest BCUT2D eigenvalue weighted by Crippen LogP contribution is 2.37. The molecule has 1 aliphatic carbocycles. The van der Waals surface area contributed by atoms with Crippen molar-refractivity contribution in [2.24, 2.45) is 5.92 Å². The molecule has 0 spiro atoms. The molecular weight excluding hydrogens is 246 g/mol. The summed E-state index contributed by atoms with van der Waals surface area (Å²) in [5, 5.41) is 5.14. The van der Waals surface area contributed by atoms with Gasteiger partial charge in [0.05, 0.1) is 11.1 Å². The van der Waals surface area contributed by atoms with E-state index in [-0.39, 0.29) is 0 Å². The van der Waals surface area contributed by atoms with E-state index >= 15 is 0 Å². The zero-order chi connectivity index (χ0) is 12.5. The number of nitrogens with one attached hydrogen (secondary N) is 1. The first-order chi connectivity index (χ1) is 8.78. The van der Waals surface area contributed by atoms with E-state index in [2.05, 4.69) is 11.4 Å². The van der Waals surface area contributed by atoms with Crippen LogP contribution >= 0.6 is 11.6 Å². The summed E-state index contributed by atoms with van der Waals surface area (Å²) in [5.74, 6) is 1.86. The van der Waals surface area contributed by atoms with Gasteiger partial charge in [0, 0.05) is 5.39 Å². The summed E-state index contributed by atoms with van der Waals surface area (Å²) in [7, 11) is 2.00. The molecule has 1 aromatic carbocycles. The predicted molar refractivity (Wildman–Crippen MR) is 75.0 cm³/mol. The predicted octanol–water partition coefficient (Wildman–Crippen LogP) is 4.54. The summed E-state index contributed by atoms with van der Waals surface area (Å²) < 4.78 is 5.93. The van der Waals surface area contributed by atoms with Crippen molar-refractivity contribution < 1.29 is 4.42 Å².